The number of nitrogens with one attached hydrogen (secondary N) is 2. The number of hydrogen-bond donors (Lipinski definition) is 2. The Morgan fingerprint density at radius 2 is 2.41 bits per heavy atom. The first-order valence-electron chi connectivity index (χ1n) is 4.88. The molecule has 17 heavy (non-hydrogen) atoms. The average Bonchev–Trinajstić information content (AvgIpc) is 2.72. The standard InChI is InChI=1S/C9H12F2N4O.ClH/c1-15-3-2-7(14-15)13-8(16)6-4-9(10,11)5-12-6;/h2-3,6,12H,4-5H2,1H3,(H,13,14,16);1H. The quantitative estimate of drug-likeness (QED) is 0.832. The molecule has 1 aromatic rings. The Morgan fingerprint density at radius 3 is 2.88 bits per heavy atom. The van der Waals surface area contributed by atoms with Crippen LogP contribution < -0.4 is 10.6 Å². The number of rotatable bonds is 2. The van der Waals surface area contributed by atoms with Crippen LogP contribution in [0.5, 0.6) is 0 Å². The van der Waals surface area contributed by atoms with Gasteiger partial charge in [0.15, 0.2) is 5.82 Å². The van der Waals surface area contributed by atoms with Gasteiger partial charge in [-0.05, 0) is 0 Å². The number of carbonyl (C=O) groups is 1. The Morgan fingerprint density at radius 1 is 1.71 bits per heavy atom. The van der Waals surface area contributed by atoms with Gasteiger partial charge in [-0.3, -0.25) is 14.8 Å². The minimum absolute atomic E-state index is 0. The van der Waals surface area contributed by atoms with Crippen LogP contribution in [0.15, 0.2) is 12.3 Å². The van der Waals surface area contributed by atoms with E-state index in [0.717, 1.165) is 0 Å². The largest absolute Gasteiger partial charge is 0.308 e. The summed E-state index contributed by atoms with van der Waals surface area (Å²) in [7, 11) is 1.71. The SMILES string of the molecule is Cl.Cn1ccc(NC(=O)C2CC(F)(F)CN2)n1. The van der Waals surface area contributed by atoms with Gasteiger partial charge >= 0.3 is 0 Å². The zero-order chi connectivity index (χ0) is 11.8. The van der Waals surface area contributed by atoms with Crippen LogP contribution in [0.25, 0.3) is 0 Å². The van der Waals surface area contributed by atoms with Gasteiger partial charge in [-0.25, -0.2) is 8.78 Å². The number of anilines is 1. The molecular formula is C9H13ClF2N4O. The van der Waals surface area contributed by atoms with E-state index in [-0.39, 0.29) is 12.4 Å². The molecule has 2 heterocycles. The molecule has 0 aliphatic carbocycles. The molecule has 1 aliphatic heterocycles. The summed E-state index contributed by atoms with van der Waals surface area (Å²) < 4.78 is 27.2. The van der Waals surface area contributed by atoms with Gasteiger partial charge in [0.05, 0.1) is 12.6 Å². The minimum Gasteiger partial charge on any atom is -0.308 e. The Kier molecular flexibility index (Phi) is 4.05. The van der Waals surface area contributed by atoms with Crippen LogP contribution in [0, 0.1) is 0 Å². The smallest absolute Gasteiger partial charge is 0.262 e. The first-order valence-corrected chi connectivity index (χ1v) is 4.88. The summed E-state index contributed by atoms with van der Waals surface area (Å²) in [5.41, 5.74) is 0. The van der Waals surface area contributed by atoms with E-state index in [0.29, 0.717) is 5.82 Å². The summed E-state index contributed by atoms with van der Waals surface area (Å²) in [4.78, 5) is 11.6. The van der Waals surface area contributed by atoms with Crippen molar-refractivity contribution in [2.75, 3.05) is 11.9 Å². The van der Waals surface area contributed by atoms with Crippen molar-refractivity contribution < 1.29 is 13.6 Å². The highest BCUT2D eigenvalue weighted by atomic mass is 35.5. The van der Waals surface area contributed by atoms with Crippen LogP contribution in [0.4, 0.5) is 14.6 Å². The average molecular weight is 267 g/mol. The minimum atomic E-state index is -2.80. The highest BCUT2D eigenvalue weighted by molar-refractivity contribution is 5.94. The van der Waals surface area contributed by atoms with Crippen molar-refractivity contribution in [1.29, 1.82) is 0 Å². The zero-order valence-electron chi connectivity index (χ0n) is 9.11. The molecule has 0 radical (unpaired) electrons. The Labute approximate surface area is 103 Å². The topological polar surface area (TPSA) is 59.0 Å². The van der Waals surface area contributed by atoms with E-state index in [1.165, 1.54) is 4.68 Å². The van der Waals surface area contributed by atoms with Gasteiger partial charge in [-0.15, -0.1) is 12.4 Å². The Hall–Kier alpha value is -1.21. The summed E-state index contributed by atoms with van der Waals surface area (Å²) in [6.45, 7) is -0.451. The predicted octanol–water partition coefficient (Wildman–Crippen LogP) is 0.778. The van der Waals surface area contributed by atoms with E-state index in [1.54, 1.807) is 19.3 Å². The Balaban J connectivity index is 0.00000144. The first-order chi connectivity index (χ1) is 7.46. The first kappa shape index (κ1) is 13.9. The fourth-order valence-electron chi connectivity index (χ4n) is 1.60. The van der Waals surface area contributed by atoms with Gasteiger partial charge in [0, 0.05) is 25.7 Å². The molecule has 1 atom stereocenters. The number of amides is 1. The molecule has 1 fully saturated rings. The normalized spacial score (nSPS) is 21.9. The lowest BCUT2D eigenvalue weighted by Gasteiger charge is -2.09. The van der Waals surface area contributed by atoms with Gasteiger partial charge in [0.25, 0.3) is 5.92 Å². The number of hydrogen-bond acceptors (Lipinski definition) is 3. The van der Waals surface area contributed by atoms with Crippen LogP contribution in [0.3, 0.4) is 0 Å². The van der Waals surface area contributed by atoms with Gasteiger partial charge in [-0.2, -0.15) is 5.10 Å². The molecule has 0 aromatic carbocycles. The molecule has 1 unspecified atom stereocenters. The molecule has 1 saturated heterocycles. The zero-order valence-corrected chi connectivity index (χ0v) is 9.93. The number of aryl methyl sites for hydroxylation is 1. The lowest BCUT2D eigenvalue weighted by Crippen LogP contribution is -2.35. The third-order valence-corrected chi connectivity index (χ3v) is 2.39. The van der Waals surface area contributed by atoms with E-state index in [2.05, 4.69) is 15.7 Å². The summed E-state index contributed by atoms with van der Waals surface area (Å²) in [6.07, 6.45) is 1.19. The van der Waals surface area contributed by atoms with Gasteiger partial charge in [0.2, 0.25) is 5.91 Å². The van der Waals surface area contributed by atoms with Crippen LogP contribution in [0.1, 0.15) is 6.42 Å². The highest BCUT2D eigenvalue weighted by Gasteiger charge is 2.42. The van der Waals surface area contributed by atoms with E-state index in [4.69, 9.17) is 0 Å². The van der Waals surface area contributed by atoms with E-state index >= 15 is 0 Å². The molecule has 1 aliphatic rings. The third-order valence-electron chi connectivity index (χ3n) is 2.39. The lowest BCUT2D eigenvalue weighted by atomic mass is 10.2. The molecule has 1 amide bonds. The molecule has 2 N–H and O–H groups in total. The van der Waals surface area contributed by atoms with Crippen LogP contribution in [-0.4, -0.2) is 34.2 Å². The van der Waals surface area contributed by atoms with Crippen molar-refractivity contribution in [3.05, 3.63) is 12.3 Å². The predicted molar refractivity (Wildman–Crippen MR) is 60.4 cm³/mol. The number of aromatic nitrogens is 2. The fraction of sp³-hybridized carbons (Fsp3) is 0.556. The number of halogens is 3. The van der Waals surface area contributed by atoms with Gasteiger partial charge < -0.3 is 5.32 Å². The number of carbonyl (C=O) groups excluding carboxylic acids is 1. The van der Waals surface area contributed by atoms with Crippen molar-refractivity contribution in [3.63, 3.8) is 0 Å². The second-order valence-corrected chi connectivity index (χ2v) is 3.86. The summed E-state index contributed by atoms with van der Waals surface area (Å²) in [5.74, 6) is -2.91. The second-order valence-electron chi connectivity index (χ2n) is 3.86. The van der Waals surface area contributed by atoms with Crippen molar-refractivity contribution in [2.24, 2.45) is 7.05 Å². The maximum absolute atomic E-state index is 12.8. The Bertz CT molecular complexity index is 409. The fourth-order valence-corrected chi connectivity index (χ4v) is 1.60. The summed E-state index contributed by atoms with van der Waals surface area (Å²) >= 11 is 0. The maximum Gasteiger partial charge on any atom is 0.262 e. The van der Waals surface area contributed by atoms with E-state index < -0.39 is 30.8 Å². The highest BCUT2D eigenvalue weighted by Crippen LogP contribution is 2.25. The maximum atomic E-state index is 12.8. The molecule has 0 spiro atoms. The van der Waals surface area contributed by atoms with Crippen molar-refractivity contribution >= 4 is 24.1 Å². The van der Waals surface area contributed by atoms with Gasteiger partial charge in [-0.1, -0.05) is 0 Å². The summed E-state index contributed by atoms with van der Waals surface area (Å²) in [5, 5.41) is 8.88. The molecule has 8 heteroatoms. The second kappa shape index (κ2) is 4.97. The van der Waals surface area contributed by atoms with Gasteiger partial charge in [0.1, 0.15) is 0 Å². The van der Waals surface area contributed by atoms with Crippen molar-refractivity contribution in [1.82, 2.24) is 15.1 Å². The molecule has 5 nitrogen and oxygen atoms in total. The van der Waals surface area contributed by atoms with Crippen LogP contribution >= 0.6 is 12.4 Å². The number of alkyl halides is 2. The summed E-state index contributed by atoms with van der Waals surface area (Å²) in [6, 6.07) is 0.752. The van der Waals surface area contributed by atoms with Crippen molar-refractivity contribution in [3.8, 4) is 0 Å². The molecule has 0 saturated carbocycles. The molecular weight excluding hydrogens is 254 g/mol. The molecule has 1 aromatic heterocycles. The van der Waals surface area contributed by atoms with E-state index in [1.807, 2.05) is 0 Å². The van der Waals surface area contributed by atoms with Crippen LogP contribution in [-0.2, 0) is 11.8 Å². The third kappa shape index (κ3) is 3.37. The van der Waals surface area contributed by atoms with Crippen molar-refractivity contribution in [2.45, 2.75) is 18.4 Å². The molecule has 2 rings (SSSR count). The van der Waals surface area contributed by atoms with E-state index in [9.17, 15) is 13.6 Å². The number of nitrogens with zero attached hydrogens (tertiary/aromatic N) is 2. The monoisotopic (exact) mass is 266 g/mol. The van der Waals surface area contributed by atoms with Crippen LogP contribution in [0.2, 0.25) is 0 Å². The molecule has 0 bridgehead atoms. The molecule has 96 valence electrons. The lowest BCUT2D eigenvalue weighted by molar-refractivity contribution is -0.118.